The lowest BCUT2D eigenvalue weighted by Gasteiger charge is -2.40. The minimum absolute atomic E-state index is 0.0971. The quantitative estimate of drug-likeness (QED) is 0.540. The molecule has 1 aromatic carbocycles. The Bertz CT molecular complexity index is 1200. The summed E-state index contributed by atoms with van der Waals surface area (Å²) in [7, 11) is 0. The molecule has 2 aromatic heterocycles. The van der Waals surface area contributed by atoms with Crippen LogP contribution < -0.4 is 5.32 Å². The van der Waals surface area contributed by atoms with Gasteiger partial charge in [-0.15, -0.1) is 0 Å². The first kappa shape index (κ1) is 23.7. The molecule has 178 valence electrons. The first-order chi connectivity index (χ1) is 16.2. The van der Waals surface area contributed by atoms with Gasteiger partial charge in [-0.1, -0.05) is 0 Å². The lowest BCUT2D eigenvalue weighted by Crippen LogP contribution is -2.51. The first-order valence-corrected chi connectivity index (χ1v) is 11.2. The van der Waals surface area contributed by atoms with E-state index in [0.29, 0.717) is 18.9 Å². The third-order valence-corrected chi connectivity index (χ3v) is 6.14. The van der Waals surface area contributed by atoms with E-state index in [9.17, 15) is 18.0 Å². The molecule has 0 spiro atoms. The molecule has 0 fully saturated rings. The number of hydrogen-bond acceptors (Lipinski definition) is 5. The monoisotopic (exact) mass is 469 g/mol. The highest BCUT2D eigenvalue weighted by Gasteiger charge is 2.33. The second-order valence-corrected chi connectivity index (χ2v) is 8.85. The topological polar surface area (TPSA) is 71.0 Å². The Balaban J connectivity index is 1.49. The molecule has 0 saturated carbocycles. The van der Waals surface area contributed by atoms with E-state index in [4.69, 9.17) is 4.98 Å². The number of hydrogen-bond donors (Lipinski definition) is 1. The van der Waals surface area contributed by atoms with Crippen molar-refractivity contribution in [3.05, 3.63) is 70.9 Å². The van der Waals surface area contributed by atoms with Crippen molar-refractivity contribution < 1.29 is 18.0 Å². The zero-order chi connectivity index (χ0) is 24.5. The molecule has 0 aliphatic carbocycles. The van der Waals surface area contributed by atoms with E-state index in [0.717, 1.165) is 47.6 Å². The van der Waals surface area contributed by atoms with Crippen LogP contribution in [0.2, 0.25) is 0 Å². The van der Waals surface area contributed by atoms with Gasteiger partial charge in [0.25, 0.3) is 0 Å². The summed E-state index contributed by atoms with van der Waals surface area (Å²) in [4.78, 5) is 27.9. The van der Waals surface area contributed by atoms with E-state index in [-0.39, 0.29) is 17.9 Å². The zero-order valence-electron chi connectivity index (χ0n) is 19.3. The fraction of sp³-hybridized carbons (Fsp3) is 0.360. The molecule has 3 heterocycles. The third kappa shape index (κ3) is 4.88. The van der Waals surface area contributed by atoms with Gasteiger partial charge in [-0.2, -0.15) is 0 Å². The number of likely N-dealkylation sites (N-methyl/N-ethyl adjacent to an activating group) is 1. The summed E-state index contributed by atoms with van der Waals surface area (Å²) >= 11 is 0. The summed E-state index contributed by atoms with van der Waals surface area (Å²) in [6.45, 7) is 6.58. The van der Waals surface area contributed by atoms with Gasteiger partial charge in [0.2, 0.25) is 5.91 Å². The van der Waals surface area contributed by atoms with Crippen molar-refractivity contribution in [3.8, 4) is 11.4 Å². The number of rotatable bonds is 6. The molecule has 6 nitrogen and oxygen atoms in total. The fourth-order valence-electron chi connectivity index (χ4n) is 4.28. The molecule has 1 amide bonds. The van der Waals surface area contributed by atoms with Crippen LogP contribution in [-0.2, 0) is 17.6 Å². The number of carbonyl (C=O) groups excluding carboxylic acids is 1. The third-order valence-electron chi connectivity index (χ3n) is 6.14. The maximum absolute atomic E-state index is 13.6. The SMILES string of the molecule is CCN(C[C@@]1(C)CCc2cc(-c3ncccn3)c(C)nc2N1)C(=O)Cc1cc(F)c(F)c(F)c1. The molecule has 1 N–H and O–H groups in total. The molecule has 1 aliphatic rings. The number of benzene rings is 1. The average Bonchev–Trinajstić information content (AvgIpc) is 2.81. The Labute approximate surface area is 196 Å². The molecule has 1 atom stereocenters. The molecule has 4 rings (SSSR count). The predicted octanol–water partition coefficient (Wildman–Crippen LogP) is 4.47. The van der Waals surface area contributed by atoms with Gasteiger partial charge in [-0.3, -0.25) is 4.79 Å². The standard InChI is InChI=1S/C25H26F3N5O/c1-4-33(21(34)12-16-10-19(26)22(28)20(27)11-16)14-25(3)7-6-17-13-18(15(2)31-23(17)32-25)24-29-8-5-9-30-24/h5,8-11,13H,4,6-7,12,14H2,1-3H3,(H,31,32)/t25-/m1/s1. The van der Waals surface area contributed by atoms with Crippen LogP contribution in [0.15, 0.2) is 36.7 Å². The van der Waals surface area contributed by atoms with Crippen LogP contribution in [-0.4, -0.2) is 44.4 Å². The van der Waals surface area contributed by atoms with E-state index >= 15 is 0 Å². The predicted molar refractivity (Wildman–Crippen MR) is 123 cm³/mol. The van der Waals surface area contributed by atoms with E-state index in [1.54, 1.807) is 23.4 Å². The maximum Gasteiger partial charge on any atom is 0.227 e. The second kappa shape index (κ2) is 9.40. The molecule has 3 aromatic rings. The number of anilines is 1. The lowest BCUT2D eigenvalue weighted by atomic mass is 9.87. The maximum atomic E-state index is 13.6. The highest BCUT2D eigenvalue weighted by molar-refractivity contribution is 5.79. The van der Waals surface area contributed by atoms with Crippen LogP contribution in [0.3, 0.4) is 0 Å². The van der Waals surface area contributed by atoms with Crippen molar-refractivity contribution in [1.82, 2.24) is 19.9 Å². The molecular formula is C25H26F3N5O. The Hall–Kier alpha value is -3.49. The second-order valence-electron chi connectivity index (χ2n) is 8.85. The van der Waals surface area contributed by atoms with Crippen LogP contribution in [0.1, 0.15) is 37.1 Å². The Morgan fingerprint density at radius 1 is 1.15 bits per heavy atom. The molecule has 0 unspecified atom stereocenters. The molecule has 0 saturated heterocycles. The number of nitrogens with one attached hydrogen (secondary N) is 1. The van der Waals surface area contributed by atoms with Crippen LogP contribution in [0.5, 0.6) is 0 Å². The number of nitrogens with zero attached hydrogens (tertiary/aromatic N) is 4. The van der Waals surface area contributed by atoms with E-state index in [1.165, 1.54) is 0 Å². The molecule has 34 heavy (non-hydrogen) atoms. The van der Waals surface area contributed by atoms with Gasteiger partial charge in [-0.25, -0.2) is 28.1 Å². The van der Waals surface area contributed by atoms with E-state index < -0.39 is 23.0 Å². The van der Waals surface area contributed by atoms with Gasteiger partial charge in [-0.05, 0) is 69.0 Å². The van der Waals surface area contributed by atoms with Crippen LogP contribution >= 0.6 is 0 Å². The first-order valence-electron chi connectivity index (χ1n) is 11.2. The number of fused-ring (bicyclic) bond motifs is 1. The van der Waals surface area contributed by atoms with E-state index in [1.807, 2.05) is 20.8 Å². The Kier molecular flexibility index (Phi) is 6.54. The number of halogens is 3. The van der Waals surface area contributed by atoms with Crippen LogP contribution in [0, 0.1) is 24.4 Å². The zero-order valence-corrected chi connectivity index (χ0v) is 19.3. The lowest BCUT2D eigenvalue weighted by molar-refractivity contribution is -0.131. The van der Waals surface area contributed by atoms with Gasteiger partial charge < -0.3 is 10.2 Å². The van der Waals surface area contributed by atoms with Gasteiger partial charge >= 0.3 is 0 Å². The highest BCUT2D eigenvalue weighted by atomic mass is 19.2. The minimum Gasteiger partial charge on any atom is -0.363 e. The normalized spacial score (nSPS) is 17.1. The van der Waals surface area contributed by atoms with Crippen molar-refractivity contribution in [1.29, 1.82) is 0 Å². The molecule has 0 radical (unpaired) electrons. The summed E-state index contributed by atoms with van der Waals surface area (Å²) in [5.41, 5.74) is 2.39. The molecule has 1 aliphatic heterocycles. The summed E-state index contributed by atoms with van der Waals surface area (Å²) < 4.78 is 40.3. The number of pyridine rings is 1. The highest BCUT2D eigenvalue weighted by Crippen LogP contribution is 2.33. The summed E-state index contributed by atoms with van der Waals surface area (Å²) in [5.74, 6) is -3.04. The van der Waals surface area contributed by atoms with Crippen molar-refractivity contribution in [2.75, 3.05) is 18.4 Å². The Morgan fingerprint density at radius 2 is 1.82 bits per heavy atom. The largest absolute Gasteiger partial charge is 0.363 e. The van der Waals surface area contributed by atoms with Crippen LogP contribution in [0.4, 0.5) is 19.0 Å². The van der Waals surface area contributed by atoms with Crippen molar-refractivity contribution in [3.63, 3.8) is 0 Å². The number of carbonyl (C=O) groups is 1. The number of aryl methyl sites for hydroxylation is 2. The molecule has 0 bridgehead atoms. The van der Waals surface area contributed by atoms with E-state index in [2.05, 4.69) is 21.4 Å². The summed E-state index contributed by atoms with van der Waals surface area (Å²) in [6.07, 6.45) is 4.69. The van der Waals surface area contributed by atoms with Crippen molar-refractivity contribution in [2.45, 2.75) is 45.6 Å². The van der Waals surface area contributed by atoms with Gasteiger partial charge in [0.15, 0.2) is 23.3 Å². The average molecular weight is 470 g/mol. The molecular weight excluding hydrogens is 443 g/mol. The smallest absolute Gasteiger partial charge is 0.227 e. The fourth-order valence-corrected chi connectivity index (χ4v) is 4.28. The van der Waals surface area contributed by atoms with Gasteiger partial charge in [0.1, 0.15) is 5.82 Å². The summed E-state index contributed by atoms with van der Waals surface area (Å²) in [6, 6.07) is 5.55. The Morgan fingerprint density at radius 3 is 2.47 bits per heavy atom. The van der Waals surface area contributed by atoms with Gasteiger partial charge in [0.05, 0.1) is 17.7 Å². The minimum atomic E-state index is -1.54. The number of amides is 1. The molecule has 9 heteroatoms. The van der Waals surface area contributed by atoms with Crippen LogP contribution in [0.25, 0.3) is 11.4 Å². The van der Waals surface area contributed by atoms with Gasteiger partial charge in [0, 0.05) is 31.0 Å². The van der Waals surface area contributed by atoms with Crippen molar-refractivity contribution in [2.24, 2.45) is 0 Å². The summed E-state index contributed by atoms with van der Waals surface area (Å²) in [5, 5.41) is 3.49. The number of aromatic nitrogens is 3. The van der Waals surface area contributed by atoms with Crippen molar-refractivity contribution >= 4 is 11.7 Å².